The second-order valence-electron chi connectivity index (χ2n) is 7.81. The van der Waals surface area contributed by atoms with E-state index in [0.29, 0.717) is 5.92 Å². The van der Waals surface area contributed by atoms with Gasteiger partial charge in [-0.3, -0.25) is 0 Å². The molecule has 1 atom stereocenters. The van der Waals surface area contributed by atoms with Gasteiger partial charge in [0.15, 0.2) is 0 Å². The molecule has 0 bridgehead atoms. The fraction of sp³-hybridized carbons (Fsp3) is 0.143. The van der Waals surface area contributed by atoms with E-state index >= 15 is 0 Å². The molecule has 0 radical (unpaired) electrons. The zero-order valence-electron chi connectivity index (χ0n) is 18.1. The van der Waals surface area contributed by atoms with Gasteiger partial charge < -0.3 is 49.6 Å². The third-order valence-corrected chi connectivity index (χ3v) is 6.40. The third-order valence-electron chi connectivity index (χ3n) is 6.40. The SMILES string of the molecule is CC1=CC(C(c2ccccc2)(c2ccccc2)C2C=CC=C2)c2ccccc21.[Cl-].[Cl-].[Cl-].[Cl-].[Zr+4]. The van der Waals surface area contributed by atoms with Gasteiger partial charge in [-0.05, 0) is 34.8 Å². The molecule has 0 aliphatic heterocycles. The van der Waals surface area contributed by atoms with Gasteiger partial charge in [0.25, 0.3) is 0 Å². The molecule has 2 aliphatic carbocycles. The van der Waals surface area contributed by atoms with Gasteiger partial charge in [0.1, 0.15) is 0 Å². The van der Waals surface area contributed by atoms with Crippen LogP contribution in [-0.4, -0.2) is 0 Å². The third kappa shape index (κ3) is 5.45. The van der Waals surface area contributed by atoms with Crippen molar-refractivity contribution in [2.75, 3.05) is 0 Å². The van der Waals surface area contributed by atoms with Crippen LogP contribution in [0, 0.1) is 5.92 Å². The van der Waals surface area contributed by atoms with E-state index in [9.17, 15) is 0 Å². The van der Waals surface area contributed by atoms with Crippen LogP contribution in [0.25, 0.3) is 5.57 Å². The van der Waals surface area contributed by atoms with E-state index < -0.39 is 0 Å². The van der Waals surface area contributed by atoms with E-state index in [1.165, 1.54) is 27.8 Å². The van der Waals surface area contributed by atoms with Crippen LogP contribution in [0.3, 0.4) is 0 Å². The van der Waals surface area contributed by atoms with Crippen LogP contribution in [0.2, 0.25) is 0 Å². The number of benzene rings is 3. The van der Waals surface area contributed by atoms with Gasteiger partial charge in [0.2, 0.25) is 0 Å². The summed E-state index contributed by atoms with van der Waals surface area (Å²) in [5.41, 5.74) is 6.75. The van der Waals surface area contributed by atoms with Gasteiger partial charge in [-0.15, -0.1) is 0 Å². The van der Waals surface area contributed by atoms with Crippen LogP contribution >= 0.6 is 0 Å². The second-order valence-corrected chi connectivity index (χ2v) is 7.81. The quantitative estimate of drug-likeness (QED) is 0.285. The smallest absolute Gasteiger partial charge is 1.00 e. The molecular weight excluding hydrogens is 569 g/mol. The Balaban J connectivity index is 0.00000205. The molecule has 168 valence electrons. The maximum Gasteiger partial charge on any atom is 4.00 e. The Hall–Kier alpha value is -1.08. The van der Waals surface area contributed by atoms with Crippen molar-refractivity contribution < 1.29 is 75.8 Å². The molecule has 1 unspecified atom stereocenters. The Morgan fingerprint density at radius 1 is 0.606 bits per heavy atom. The Morgan fingerprint density at radius 2 is 1.06 bits per heavy atom. The Kier molecular flexibility index (Phi) is 13.3. The van der Waals surface area contributed by atoms with Crippen molar-refractivity contribution in [2.24, 2.45) is 5.92 Å². The summed E-state index contributed by atoms with van der Waals surface area (Å²) in [6.45, 7) is 2.25. The molecule has 5 heteroatoms. The first-order valence-corrected chi connectivity index (χ1v) is 10.1. The molecule has 0 fully saturated rings. The van der Waals surface area contributed by atoms with Crippen LogP contribution < -0.4 is 49.6 Å². The molecular formula is C28H24Cl4Zr. The zero-order chi connectivity index (χ0) is 19.0. The minimum Gasteiger partial charge on any atom is -1.00 e. The number of rotatable bonds is 4. The van der Waals surface area contributed by atoms with Crippen LogP contribution in [0.5, 0.6) is 0 Å². The maximum absolute atomic E-state index is 2.49. The first kappa shape index (κ1) is 31.9. The van der Waals surface area contributed by atoms with E-state index in [0.717, 1.165) is 0 Å². The average Bonchev–Trinajstić information content (AvgIpc) is 3.41. The van der Waals surface area contributed by atoms with Gasteiger partial charge in [0.05, 0.1) is 0 Å². The van der Waals surface area contributed by atoms with E-state index in [1.807, 2.05) is 0 Å². The van der Waals surface area contributed by atoms with Crippen molar-refractivity contribution in [3.63, 3.8) is 0 Å². The number of hydrogen-bond acceptors (Lipinski definition) is 0. The monoisotopic (exact) mass is 590 g/mol. The molecule has 5 rings (SSSR count). The van der Waals surface area contributed by atoms with Crippen LogP contribution in [0.1, 0.15) is 35.1 Å². The van der Waals surface area contributed by atoms with Gasteiger partial charge in [-0.2, -0.15) is 0 Å². The van der Waals surface area contributed by atoms with Gasteiger partial charge in [0, 0.05) is 17.3 Å². The minimum atomic E-state index is -0.181. The Labute approximate surface area is 241 Å². The molecule has 3 aromatic rings. The van der Waals surface area contributed by atoms with Gasteiger partial charge in [-0.1, -0.05) is 115 Å². The molecule has 0 nitrogen and oxygen atoms in total. The van der Waals surface area contributed by atoms with E-state index in [2.05, 4.69) is 122 Å². The summed E-state index contributed by atoms with van der Waals surface area (Å²) < 4.78 is 0. The molecule has 0 saturated heterocycles. The molecule has 3 aromatic carbocycles. The van der Waals surface area contributed by atoms with Crippen molar-refractivity contribution in [1.82, 2.24) is 0 Å². The fourth-order valence-corrected chi connectivity index (χ4v) is 5.21. The second kappa shape index (κ2) is 13.7. The predicted molar refractivity (Wildman–Crippen MR) is 118 cm³/mol. The molecule has 0 heterocycles. The van der Waals surface area contributed by atoms with Crippen LogP contribution in [0.4, 0.5) is 0 Å². The first-order valence-electron chi connectivity index (χ1n) is 10.1. The van der Waals surface area contributed by atoms with Crippen molar-refractivity contribution in [1.29, 1.82) is 0 Å². The van der Waals surface area contributed by atoms with Crippen molar-refractivity contribution in [3.05, 3.63) is 138 Å². The van der Waals surface area contributed by atoms with Crippen LogP contribution in [0.15, 0.2) is 115 Å². The zero-order valence-corrected chi connectivity index (χ0v) is 23.6. The molecule has 0 amide bonds. The number of halogens is 4. The first-order chi connectivity index (χ1) is 13.8. The van der Waals surface area contributed by atoms with Crippen molar-refractivity contribution in [3.8, 4) is 0 Å². The Morgan fingerprint density at radius 3 is 1.58 bits per heavy atom. The summed E-state index contributed by atoms with van der Waals surface area (Å²) in [6.07, 6.45) is 11.6. The summed E-state index contributed by atoms with van der Waals surface area (Å²) in [6, 6.07) is 31.0. The van der Waals surface area contributed by atoms with Crippen molar-refractivity contribution in [2.45, 2.75) is 18.3 Å². The van der Waals surface area contributed by atoms with Crippen molar-refractivity contribution >= 4 is 5.57 Å². The molecule has 0 aromatic heterocycles. The summed E-state index contributed by atoms with van der Waals surface area (Å²) in [4.78, 5) is 0. The van der Waals surface area contributed by atoms with Gasteiger partial charge >= 0.3 is 26.2 Å². The number of fused-ring (bicyclic) bond motifs is 1. The topological polar surface area (TPSA) is 0 Å². The molecule has 33 heavy (non-hydrogen) atoms. The predicted octanol–water partition coefficient (Wildman–Crippen LogP) is -5.07. The average molecular weight is 594 g/mol. The largest absolute Gasteiger partial charge is 4.00 e. The maximum atomic E-state index is 2.49. The van der Waals surface area contributed by atoms with Crippen LogP contribution in [-0.2, 0) is 31.6 Å². The minimum absolute atomic E-state index is 0. The van der Waals surface area contributed by atoms with Gasteiger partial charge in [-0.25, -0.2) is 0 Å². The summed E-state index contributed by atoms with van der Waals surface area (Å²) in [7, 11) is 0. The van der Waals surface area contributed by atoms with E-state index in [4.69, 9.17) is 0 Å². The van der Waals surface area contributed by atoms with E-state index in [-0.39, 0.29) is 87.2 Å². The molecule has 0 N–H and O–H groups in total. The Bertz CT molecular complexity index is 1040. The van der Waals surface area contributed by atoms with E-state index in [1.54, 1.807) is 0 Å². The normalized spacial score (nSPS) is 15.5. The summed E-state index contributed by atoms with van der Waals surface area (Å²) >= 11 is 0. The number of hydrogen-bond donors (Lipinski definition) is 0. The molecule has 2 aliphatic rings. The summed E-state index contributed by atoms with van der Waals surface area (Å²) in [5.74, 6) is 0.586. The summed E-state index contributed by atoms with van der Waals surface area (Å²) in [5, 5.41) is 0. The standard InChI is InChI=1S/C28H24.4ClH.Zr/c1-21-20-27(26-19-11-10-18-25(21)26)28(24-16-8-9-17-24,22-12-4-2-5-13-22)23-14-6-3-7-15-23;;;;;/h2-20,24,27H,1H3;4*1H;/q;;;;;+4/p-4. The molecule has 0 spiro atoms. The molecule has 0 saturated carbocycles. The number of allylic oxidation sites excluding steroid dienone is 6. The fourth-order valence-electron chi connectivity index (χ4n) is 5.21.